The monoisotopic (exact) mass is 294 g/mol. The van der Waals surface area contributed by atoms with Crippen molar-refractivity contribution < 1.29 is 19.6 Å². The van der Waals surface area contributed by atoms with Crippen molar-refractivity contribution in [2.24, 2.45) is 10.2 Å². The molecule has 0 spiro atoms. The molecule has 9 heteroatoms. The highest BCUT2D eigenvalue weighted by molar-refractivity contribution is 5.93. The molecule has 0 fully saturated rings. The summed E-state index contributed by atoms with van der Waals surface area (Å²) < 4.78 is 5.00. The first-order valence-electron chi connectivity index (χ1n) is 5.76. The molecule has 0 bridgehead atoms. The van der Waals surface area contributed by atoms with Crippen LogP contribution in [0.1, 0.15) is 6.92 Å². The van der Waals surface area contributed by atoms with Gasteiger partial charge in [0.1, 0.15) is 17.2 Å². The van der Waals surface area contributed by atoms with Gasteiger partial charge in [0.05, 0.1) is 12.0 Å². The van der Waals surface area contributed by atoms with E-state index in [1.54, 1.807) is 0 Å². The second-order valence-corrected chi connectivity index (χ2v) is 3.83. The van der Waals surface area contributed by atoms with Gasteiger partial charge in [-0.15, -0.1) is 10.2 Å². The summed E-state index contributed by atoms with van der Waals surface area (Å²) in [5, 5.41) is 29.8. The maximum Gasteiger partial charge on any atom is 0.275 e. The maximum atomic E-state index is 11.5. The topological polar surface area (TPSA) is 126 Å². The van der Waals surface area contributed by atoms with Crippen LogP contribution in [-0.2, 0) is 4.79 Å². The number of benzene rings is 1. The standard InChI is InChI=1S/C12H14N4O5/c1-7(17)11(12(18)13-2)15-14-9-6-8(16(19)20)4-5-10(9)21-3/h4-6,17H,1-3H3,(H,13,18)/b11-7+,15-14?. The number of aliphatic hydroxyl groups is 1. The highest BCUT2D eigenvalue weighted by Crippen LogP contribution is 2.32. The van der Waals surface area contributed by atoms with E-state index in [1.807, 2.05) is 0 Å². The molecule has 1 rings (SSSR count). The normalized spacial score (nSPS) is 12.0. The fraction of sp³-hybridized carbons (Fsp3) is 0.250. The Hall–Kier alpha value is -2.97. The number of hydrogen-bond acceptors (Lipinski definition) is 7. The van der Waals surface area contributed by atoms with Crippen molar-refractivity contribution >= 4 is 17.3 Å². The van der Waals surface area contributed by atoms with Gasteiger partial charge in [0.25, 0.3) is 11.6 Å². The number of nitrogens with zero attached hydrogens (tertiary/aromatic N) is 3. The number of non-ortho nitro benzene ring substituents is 1. The third kappa shape index (κ3) is 4.00. The van der Waals surface area contributed by atoms with Crippen molar-refractivity contribution in [3.05, 3.63) is 39.8 Å². The minimum absolute atomic E-state index is 0.0642. The number of azo groups is 1. The lowest BCUT2D eigenvalue weighted by Gasteiger charge is -2.04. The van der Waals surface area contributed by atoms with Gasteiger partial charge in [0, 0.05) is 19.2 Å². The van der Waals surface area contributed by atoms with Crippen molar-refractivity contribution in [3.63, 3.8) is 0 Å². The Morgan fingerprint density at radius 2 is 2.14 bits per heavy atom. The molecule has 112 valence electrons. The number of amides is 1. The lowest BCUT2D eigenvalue weighted by Crippen LogP contribution is -2.20. The third-order valence-corrected chi connectivity index (χ3v) is 2.42. The number of methoxy groups -OCH3 is 1. The number of likely N-dealkylation sites (N-methyl/N-ethyl adjacent to an activating group) is 1. The van der Waals surface area contributed by atoms with Crippen molar-refractivity contribution in [2.45, 2.75) is 6.92 Å². The van der Waals surface area contributed by atoms with Crippen LogP contribution >= 0.6 is 0 Å². The Morgan fingerprint density at radius 1 is 1.48 bits per heavy atom. The van der Waals surface area contributed by atoms with Gasteiger partial charge in [-0.1, -0.05) is 0 Å². The first kappa shape index (κ1) is 16.1. The molecule has 21 heavy (non-hydrogen) atoms. The zero-order valence-corrected chi connectivity index (χ0v) is 11.7. The van der Waals surface area contributed by atoms with Gasteiger partial charge in [-0.3, -0.25) is 14.9 Å². The number of hydrogen-bond donors (Lipinski definition) is 2. The van der Waals surface area contributed by atoms with Crippen LogP contribution in [0.4, 0.5) is 11.4 Å². The fourth-order valence-corrected chi connectivity index (χ4v) is 1.37. The van der Waals surface area contributed by atoms with Crippen LogP contribution in [0.3, 0.4) is 0 Å². The Balaban J connectivity index is 3.24. The van der Waals surface area contributed by atoms with E-state index in [0.717, 1.165) is 6.07 Å². The number of nitro groups is 1. The molecule has 1 aromatic rings. The van der Waals surface area contributed by atoms with Crippen LogP contribution in [0, 0.1) is 10.1 Å². The van der Waals surface area contributed by atoms with E-state index in [9.17, 15) is 20.0 Å². The first-order chi connectivity index (χ1) is 9.90. The van der Waals surface area contributed by atoms with Crippen LogP contribution in [-0.4, -0.2) is 30.1 Å². The molecule has 0 radical (unpaired) electrons. The summed E-state index contributed by atoms with van der Waals surface area (Å²) in [7, 11) is 2.74. The molecule has 0 aliphatic carbocycles. The summed E-state index contributed by atoms with van der Waals surface area (Å²) >= 11 is 0. The van der Waals surface area contributed by atoms with Crippen LogP contribution in [0.15, 0.2) is 39.9 Å². The summed E-state index contributed by atoms with van der Waals surface area (Å²) in [6, 6.07) is 3.77. The lowest BCUT2D eigenvalue weighted by molar-refractivity contribution is -0.384. The number of carbonyl (C=O) groups excluding carboxylic acids is 1. The predicted octanol–water partition coefficient (Wildman–Crippen LogP) is 2.22. The number of ether oxygens (including phenoxy) is 1. The number of allylic oxidation sites excluding steroid dienone is 1. The molecule has 0 atom stereocenters. The minimum Gasteiger partial charge on any atom is -0.510 e. The van der Waals surface area contributed by atoms with E-state index < -0.39 is 10.8 Å². The van der Waals surface area contributed by atoms with Crippen molar-refractivity contribution in [1.82, 2.24) is 5.32 Å². The summed E-state index contributed by atoms with van der Waals surface area (Å²) in [6.07, 6.45) is 0. The van der Waals surface area contributed by atoms with E-state index in [0.29, 0.717) is 0 Å². The van der Waals surface area contributed by atoms with E-state index in [-0.39, 0.29) is 28.6 Å². The minimum atomic E-state index is -0.636. The molecule has 2 N–H and O–H groups in total. The molecule has 0 saturated carbocycles. The summed E-state index contributed by atoms with van der Waals surface area (Å²) in [5.74, 6) is -0.721. The number of carbonyl (C=O) groups is 1. The van der Waals surface area contributed by atoms with Crippen molar-refractivity contribution in [1.29, 1.82) is 0 Å². The molecular weight excluding hydrogens is 280 g/mol. The number of rotatable bonds is 5. The molecule has 0 aliphatic rings. The van der Waals surface area contributed by atoms with Gasteiger partial charge < -0.3 is 15.2 Å². The number of nitro benzene ring substituents is 1. The molecule has 0 aliphatic heterocycles. The molecule has 1 aromatic carbocycles. The van der Waals surface area contributed by atoms with E-state index in [2.05, 4.69) is 15.5 Å². The number of nitrogens with one attached hydrogen (secondary N) is 1. The molecule has 0 unspecified atom stereocenters. The third-order valence-electron chi connectivity index (χ3n) is 2.42. The van der Waals surface area contributed by atoms with E-state index in [4.69, 9.17) is 4.74 Å². The maximum absolute atomic E-state index is 11.5. The van der Waals surface area contributed by atoms with E-state index in [1.165, 1.54) is 33.2 Å². The average molecular weight is 294 g/mol. The highest BCUT2D eigenvalue weighted by Gasteiger charge is 2.13. The fourth-order valence-electron chi connectivity index (χ4n) is 1.37. The second kappa shape index (κ2) is 6.98. The van der Waals surface area contributed by atoms with Gasteiger partial charge in [0.2, 0.25) is 0 Å². The molecule has 1 amide bonds. The highest BCUT2D eigenvalue weighted by atomic mass is 16.6. The Labute approximate surface area is 120 Å². The molecule has 9 nitrogen and oxygen atoms in total. The van der Waals surface area contributed by atoms with Gasteiger partial charge in [-0.25, -0.2) is 0 Å². The molecular formula is C12H14N4O5. The van der Waals surface area contributed by atoms with Gasteiger partial charge in [0.15, 0.2) is 5.70 Å². The second-order valence-electron chi connectivity index (χ2n) is 3.83. The molecule has 0 aromatic heterocycles. The van der Waals surface area contributed by atoms with E-state index >= 15 is 0 Å². The van der Waals surface area contributed by atoms with Gasteiger partial charge in [-0.2, -0.15) is 0 Å². The zero-order valence-electron chi connectivity index (χ0n) is 11.7. The van der Waals surface area contributed by atoms with Crippen molar-refractivity contribution in [3.8, 4) is 5.75 Å². The van der Waals surface area contributed by atoms with Crippen LogP contribution in [0.2, 0.25) is 0 Å². The largest absolute Gasteiger partial charge is 0.510 e. The number of aliphatic hydroxyl groups excluding tert-OH is 1. The van der Waals surface area contributed by atoms with Gasteiger partial charge in [-0.05, 0) is 13.0 Å². The smallest absolute Gasteiger partial charge is 0.275 e. The molecule has 0 saturated heterocycles. The SMILES string of the molecule is CNC(=O)/C(N=Nc1cc([N+](=O)[O-])ccc1OC)=C(/C)O. The Kier molecular flexibility index (Phi) is 5.35. The average Bonchev–Trinajstić information content (AvgIpc) is 2.46. The Bertz CT molecular complexity index is 620. The lowest BCUT2D eigenvalue weighted by atomic mass is 10.2. The Morgan fingerprint density at radius 3 is 2.62 bits per heavy atom. The summed E-state index contributed by atoms with van der Waals surface area (Å²) in [4.78, 5) is 21.6. The zero-order chi connectivity index (χ0) is 16.0. The first-order valence-corrected chi connectivity index (χ1v) is 5.76. The van der Waals surface area contributed by atoms with Crippen LogP contribution in [0.25, 0.3) is 0 Å². The van der Waals surface area contributed by atoms with Crippen LogP contribution in [0.5, 0.6) is 5.75 Å². The molecule has 0 heterocycles. The van der Waals surface area contributed by atoms with Gasteiger partial charge >= 0.3 is 0 Å². The quantitative estimate of drug-likeness (QED) is 0.283. The van der Waals surface area contributed by atoms with Crippen LogP contribution < -0.4 is 10.1 Å². The summed E-state index contributed by atoms with van der Waals surface area (Å²) in [5.41, 5.74) is -0.434. The van der Waals surface area contributed by atoms with Crippen molar-refractivity contribution in [2.75, 3.05) is 14.2 Å². The summed E-state index contributed by atoms with van der Waals surface area (Å²) in [6.45, 7) is 1.27. The predicted molar refractivity (Wildman–Crippen MR) is 73.6 cm³/mol.